The van der Waals surface area contributed by atoms with Gasteiger partial charge in [-0.2, -0.15) is 5.26 Å². The smallest absolute Gasteiger partial charge is 0.140 e. The number of rotatable bonds is 4. The number of nitriles is 1. The standard InChI is InChI=1S/C15H14N2OS/c1-12-3-2-4-13(7-12)10-19(18)11-14-5-6-17-15(8-14)9-16/h2-8H,10-11H2,1H3. The van der Waals surface area contributed by atoms with Gasteiger partial charge >= 0.3 is 0 Å². The molecule has 0 N–H and O–H groups in total. The van der Waals surface area contributed by atoms with Crippen LogP contribution in [0, 0.1) is 18.3 Å². The second kappa shape index (κ2) is 6.26. The van der Waals surface area contributed by atoms with Crippen LogP contribution in [0.5, 0.6) is 0 Å². The average molecular weight is 270 g/mol. The van der Waals surface area contributed by atoms with Crippen LogP contribution >= 0.6 is 0 Å². The number of nitrogens with zero attached hydrogens (tertiary/aromatic N) is 2. The molecule has 1 aromatic carbocycles. The highest BCUT2D eigenvalue weighted by molar-refractivity contribution is 7.83. The van der Waals surface area contributed by atoms with Gasteiger partial charge in [-0.3, -0.25) is 4.21 Å². The van der Waals surface area contributed by atoms with Crippen molar-refractivity contribution in [3.05, 3.63) is 65.0 Å². The van der Waals surface area contributed by atoms with Crippen LogP contribution in [0.2, 0.25) is 0 Å². The Bertz CT molecular complexity index is 647. The molecule has 0 aliphatic heterocycles. The molecule has 1 heterocycles. The summed E-state index contributed by atoms with van der Waals surface area (Å²) in [6.45, 7) is 2.02. The minimum atomic E-state index is -0.978. The van der Waals surface area contributed by atoms with Crippen molar-refractivity contribution in [1.82, 2.24) is 4.98 Å². The molecular formula is C15H14N2OS. The first kappa shape index (κ1) is 13.4. The van der Waals surface area contributed by atoms with Gasteiger partial charge in [0.1, 0.15) is 11.8 Å². The van der Waals surface area contributed by atoms with Crippen LogP contribution in [-0.2, 0) is 22.3 Å². The molecule has 0 fully saturated rings. The van der Waals surface area contributed by atoms with Crippen LogP contribution in [-0.4, -0.2) is 9.19 Å². The van der Waals surface area contributed by atoms with E-state index in [1.165, 1.54) is 5.56 Å². The summed E-state index contributed by atoms with van der Waals surface area (Å²) in [6.07, 6.45) is 1.58. The molecule has 0 aliphatic rings. The fraction of sp³-hybridized carbons (Fsp3) is 0.200. The van der Waals surface area contributed by atoms with E-state index in [4.69, 9.17) is 5.26 Å². The molecule has 4 heteroatoms. The van der Waals surface area contributed by atoms with Gasteiger partial charge in [-0.25, -0.2) is 4.98 Å². The fourth-order valence-corrected chi connectivity index (χ4v) is 3.05. The number of aromatic nitrogens is 1. The highest BCUT2D eigenvalue weighted by Crippen LogP contribution is 2.11. The Kier molecular flexibility index (Phi) is 4.43. The van der Waals surface area contributed by atoms with Crippen LogP contribution in [0.4, 0.5) is 0 Å². The van der Waals surface area contributed by atoms with E-state index in [1.807, 2.05) is 37.3 Å². The summed E-state index contributed by atoms with van der Waals surface area (Å²) < 4.78 is 12.1. The average Bonchev–Trinajstić information content (AvgIpc) is 2.38. The lowest BCUT2D eigenvalue weighted by molar-refractivity contribution is 0.682. The monoisotopic (exact) mass is 270 g/mol. The maximum Gasteiger partial charge on any atom is 0.140 e. The van der Waals surface area contributed by atoms with Crippen LogP contribution < -0.4 is 0 Å². The first-order valence-corrected chi connectivity index (χ1v) is 7.42. The first-order chi connectivity index (χ1) is 9.17. The van der Waals surface area contributed by atoms with Crippen molar-refractivity contribution in [1.29, 1.82) is 5.26 Å². The zero-order chi connectivity index (χ0) is 13.7. The summed E-state index contributed by atoms with van der Waals surface area (Å²) in [5, 5.41) is 8.77. The third-order valence-electron chi connectivity index (χ3n) is 2.68. The van der Waals surface area contributed by atoms with E-state index >= 15 is 0 Å². The van der Waals surface area contributed by atoms with E-state index in [0.29, 0.717) is 17.2 Å². The first-order valence-electron chi connectivity index (χ1n) is 5.93. The molecule has 1 unspecified atom stereocenters. The summed E-state index contributed by atoms with van der Waals surface area (Å²) >= 11 is 0. The predicted octanol–water partition coefficient (Wildman–Crippen LogP) is 2.71. The van der Waals surface area contributed by atoms with E-state index in [1.54, 1.807) is 18.3 Å². The molecule has 3 nitrogen and oxygen atoms in total. The van der Waals surface area contributed by atoms with Crippen LogP contribution in [0.3, 0.4) is 0 Å². The lowest BCUT2D eigenvalue weighted by Gasteiger charge is -2.04. The van der Waals surface area contributed by atoms with Gasteiger partial charge in [-0.1, -0.05) is 29.8 Å². The maximum atomic E-state index is 12.1. The Hall–Kier alpha value is -1.99. The number of benzene rings is 1. The Labute approximate surface area is 115 Å². The largest absolute Gasteiger partial charge is 0.259 e. The topological polar surface area (TPSA) is 53.8 Å². The van der Waals surface area contributed by atoms with Crippen molar-refractivity contribution in [3.8, 4) is 6.07 Å². The SMILES string of the molecule is Cc1cccc(CS(=O)Cc2ccnc(C#N)c2)c1. The van der Waals surface area contributed by atoms with Crippen molar-refractivity contribution in [3.63, 3.8) is 0 Å². The number of hydrogen-bond donors (Lipinski definition) is 0. The quantitative estimate of drug-likeness (QED) is 0.858. The summed E-state index contributed by atoms with van der Waals surface area (Å²) in [5.41, 5.74) is 3.50. The summed E-state index contributed by atoms with van der Waals surface area (Å²) in [5.74, 6) is 0.983. The number of hydrogen-bond acceptors (Lipinski definition) is 3. The number of aryl methyl sites for hydroxylation is 1. The molecule has 1 aromatic heterocycles. The second-order valence-corrected chi connectivity index (χ2v) is 5.84. The van der Waals surface area contributed by atoms with E-state index in [2.05, 4.69) is 4.98 Å². The highest BCUT2D eigenvalue weighted by atomic mass is 32.2. The van der Waals surface area contributed by atoms with Gasteiger partial charge in [0.25, 0.3) is 0 Å². The minimum Gasteiger partial charge on any atom is -0.259 e. The molecule has 0 aliphatic carbocycles. The third-order valence-corrected chi connectivity index (χ3v) is 3.99. The predicted molar refractivity (Wildman–Crippen MR) is 75.7 cm³/mol. The molecule has 19 heavy (non-hydrogen) atoms. The lowest BCUT2D eigenvalue weighted by Crippen LogP contribution is -2.00. The van der Waals surface area contributed by atoms with Crippen molar-refractivity contribution in [2.45, 2.75) is 18.4 Å². The van der Waals surface area contributed by atoms with Crippen molar-refractivity contribution in [2.24, 2.45) is 0 Å². The van der Waals surface area contributed by atoms with E-state index in [0.717, 1.165) is 11.1 Å². The summed E-state index contributed by atoms with van der Waals surface area (Å²) in [4.78, 5) is 3.90. The molecule has 0 amide bonds. The van der Waals surface area contributed by atoms with Gasteiger partial charge in [-0.15, -0.1) is 0 Å². The van der Waals surface area contributed by atoms with Gasteiger partial charge in [0.2, 0.25) is 0 Å². The lowest BCUT2D eigenvalue weighted by atomic mass is 10.2. The van der Waals surface area contributed by atoms with Gasteiger partial charge < -0.3 is 0 Å². The molecule has 0 saturated heterocycles. The van der Waals surface area contributed by atoms with Crippen molar-refractivity contribution >= 4 is 10.8 Å². The Morgan fingerprint density at radius 3 is 2.63 bits per heavy atom. The van der Waals surface area contributed by atoms with Crippen molar-refractivity contribution < 1.29 is 4.21 Å². The zero-order valence-electron chi connectivity index (χ0n) is 10.7. The minimum absolute atomic E-state index is 0.366. The summed E-state index contributed by atoms with van der Waals surface area (Å²) in [7, 11) is -0.978. The van der Waals surface area contributed by atoms with Crippen molar-refractivity contribution in [2.75, 3.05) is 0 Å². The third kappa shape index (κ3) is 4.01. The fourth-order valence-electron chi connectivity index (χ4n) is 1.85. The Balaban J connectivity index is 2.03. The highest BCUT2D eigenvalue weighted by Gasteiger charge is 2.05. The zero-order valence-corrected chi connectivity index (χ0v) is 11.5. The summed E-state index contributed by atoms with van der Waals surface area (Å²) in [6, 6.07) is 13.5. The molecule has 0 bridgehead atoms. The molecule has 0 radical (unpaired) electrons. The second-order valence-electron chi connectivity index (χ2n) is 4.38. The van der Waals surface area contributed by atoms with E-state index in [9.17, 15) is 4.21 Å². The van der Waals surface area contributed by atoms with Gasteiger partial charge in [-0.05, 0) is 30.2 Å². The Morgan fingerprint density at radius 2 is 1.95 bits per heavy atom. The van der Waals surface area contributed by atoms with Gasteiger partial charge in [0.05, 0.1) is 0 Å². The van der Waals surface area contributed by atoms with Gasteiger partial charge in [0.15, 0.2) is 0 Å². The maximum absolute atomic E-state index is 12.1. The Morgan fingerprint density at radius 1 is 1.21 bits per heavy atom. The van der Waals surface area contributed by atoms with Crippen LogP contribution in [0.25, 0.3) is 0 Å². The number of pyridine rings is 1. The van der Waals surface area contributed by atoms with Crippen LogP contribution in [0.1, 0.15) is 22.4 Å². The molecule has 0 saturated carbocycles. The molecule has 0 spiro atoms. The van der Waals surface area contributed by atoms with E-state index < -0.39 is 10.8 Å². The molecule has 2 rings (SSSR count). The molecule has 2 aromatic rings. The normalized spacial score (nSPS) is 11.8. The van der Waals surface area contributed by atoms with Gasteiger partial charge in [0, 0.05) is 28.5 Å². The van der Waals surface area contributed by atoms with E-state index in [-0.39, 0.29) is 0 Å². The molecule has 96 valence electrons. The molecular weight excluding hydrogens is 256 g/mol. The molecule has 1 atom stereocenters. The van der Waals surface area contributed by atoms with Crippen LogP contribution in [0.15, 0.2) is 42.6 Å².